The average Bonchev–Trinajstić information content (AvgIpc) is 2.80. The third kappa shape index (κ3) is 6.68. The van der Waals surface area contributed by atoms with E-state index in [0.717, 1.165) is 0 Å². The van der Waals surface area contributed by atoms with Crippen LogP contribution < -0.4 is 0 Å². The second kappa shape index (κ2) is 12.1. The first kappa shape index (κ1) is 27.5. The molecule has 0 spiro atoms. The van der Waals surface area contributed by atoms with E-state index in [4.69, 9.17) is 9.47 Å². The maximum absolute atomic E-state index is 13.7. The van der Waals surface area contributed by atoms with Crippen molar-refractivity contribution in [1.29, 1.82) is 0 Å². The first-order chi connectivity index (χ1) is 15.5. The van der Waals surface area contributed by atoms with Crippen LogP contribution in [0.5, 0.6) is 0 Å². The van der Waals surface area contributed by atoms with E-state index in [0.29, 0.717) is 73.0 Å². The fourth-order valence-corrected chi connectivity index (χ4v) is 14.2. The summed E-state index contributed by atoms with van der Waals surface area (Å²) in [6.07, 6.45) is 5.01. The van der Waals surface area contributed by atoms with Crippen molar-refractivity contribution in [2.45, 2.75) is 102 Å². The molecule has 0 N–H and O–H groups in total. The van der Waals surface area contributed by atoms with Crippen molar-refractivity contribution < 1.29 is 28.7 Å². The van der Waals surface area contributed by atoms with Crippen LogP contribution in [0.4, 0.5) is 0 Å². The zero-order chi connectivity index (χ0) is 24.8. The minimum atomic E-state index is -3.43. The Morgan fingerprint density at radius 3 is 1.21 bits per heavy atom. The van der Waals surface area contributed by atoms with E-state index >= 15 is 0 Å². The Morgan fingerprint density at radius 1 is 0.667 bits per heavy atom. The van der Waals surface area contributed by atoms with Gasteiger partial charge in [-0.1, -0.05) is 0 Å². The monoisotopic (exact) mass is 522 g/mol. The van der Waals surface area contributed by atoms with Crippen LogP contribution in [0.3, 0.4) is 0 Å². The summed E-state index contributed by atoms with van der Waals surface area (Å²) < 4.78 is 11.4. The normalized spacial score (nSPS) is 25.6. The molecule has 2 aliphatic rings. The Labute approximate surface area is 200 Å². The summed E-state index contributed by atoms with van der Waals surface area (Å²) in [5, 5.41) is 1.37. The van der Waals surface area contributed by atoms with E-state index in [1.807, 2.05) is 13.8 Å². The number of carbonyl (C=O) groups excluding carboxylic acids is 4. The molecule has 0 amide bonds. The molecule has 33 heavy (non-hydrogen) atoms. The number of hydrogen-bond acceptors (Lipinski definition) is 6. The number of esters is 2. The number of hydrogen-bond donors (Lipinski definition) is 0. The molecule has 184 valence electrons. The van der Waals surface area contributed by atoms with Gasteiger partial charge in [-0.15, -0.1) is 0 Å². The molecule has 0 unspecified atom stereocenters. The molecule has 6 nitrogen and oxygen atoms in total. The molecule has 0 bridgehead atoms. The third-order valence-electron chi connectivity index (χ3n) is 7.48. The molecule has 0 saturated heterocycles. The van der Waals surface area contributed by atoms with Gasteiger partial charge in [0.1, 0.15) is 0 Å². The predicted octanol–water partition coefficient (Wildman–Crippen LogP) is 5.05. The zero-order valence-electron chi connectivity index (χ0n) is 20.7. The Bertz CT molecular complexity index is 719. The molecular weight excluding hydrogens is 481 g/mol. The van der Waals surface area contributed by atoms with Crippen molar-refractivity contribution in [2.75, 3.05) is 0 Å². The van der Waals surface area contributed by atoms with Crippen LogP contribution in [0.25, 0.3) is 0 Å². The van der Waals surface area contributed by atoms with Gasteiger partial charge in [0.25, 0.3) is 0 Å². The first-order valence-corrected chi connectivity index (χ1v) is 17.4. The van der Waals surface area contributed by atoms with Crippen molar-refractivity contribution in [2.24, 2.45) is 11.8 Å². The standard InChI is InChI=1S/C26H40GeO6/c1-7-27(8-2,23(28)19-9-13-21(14-10-19)32-25(30)17(3)4)24(29)20-11-15-22(16-12-20)33-26(31)18(5)6/h19-22H,3,5,7-16H2,1-2,4,6H3. The van der Waals surface area contributed by atoms with Crippen LogP contribution in [0.2, 0.25) is 10.5 Å². The van der Waals surface area contributed by atoms with Gasteiger partial charge in [-0.05, 0) is 0 Å². The fourth-order valence-electron chi connectivity index (χ4n) is 5.24. The number of rotatable bonds is 10. The van der Waals surface area contributed by atoms with Gasteiger partial charge in [0.05, 0.1) is 0 Å². The van der Waals surface area contributed by atoms with Crippen molar-refractivity contribution in [3.05, 3.63) is 24.3 Å². The van der Waals surface area contributed by atoms with E-state index in [2.05, 4.69) is 13.2 Å². The predicted molar refractivity (Wildman–Crippen MR) is 130 cm³/mol. The summed E-state index contributed by atoms with van der Waals surface area (Å²) in [7, 11) is 0. The van der Waals surface area contributed by atoms with Gasteiger partial charge < -0.3 is 0 Å². The third-order valence-corrected chi connectivity index (χ3v) is 18.2. The Hall–Kier alpha value is -1.70. The van der Waals surface area contributed by atoms with Crippen LogP contribution in [0.1, 0.15) is 79.1 Å². The SMILES string of the molecule is C=C(C)C(=O)OC1CCC([C](=O)[Ge]([CH2]C)([CH2]C)[C](=O)C2CCC(OC(=O)C(=C)C)CC2)CC1. The summed E-state index contributed by atoms with van der Waals surface area (Å²) in [6.45, 7) is 14.5. The van der Waals surface area contributed by atoms with Crippen LogP contribution in [-0.4, -0.2) is 46.6 Å². The van der Waals surface area contributed by atoms with Crippen molar-refractivity contribution >= 4 is 34.4 Å². The molecule has 7 heteroatoms. The Kier molecular flexibility index (Phi) is 10.1. The molecule has 0 atom stereocenters. The van der Waals surface area contributed by atoms with Crippen LogP contribution in [-0.2, 0) is 28.7 Å². The zero-order valence-corrected chi connectivity index (χ0v) is 22.8. The molecule has 0 heterocycles. The van der Waals surface area contributed by atoms with Gasteiger partial charge in [0, 0.05) is 0 Å². The number of ether oxygens (including phenoxy) is 2. The van der Waals surface area contributed by atoms with Gasteiger partial charge in [0.15, 0.2) is 0 Å². The second-order valence-corrected chi connectivity index (χ2v) is 19.4. The molecule has 2 aliphatic carbocycles. The van der Waals surface area contributed by atoms with Gasteiger partial charge in [-0.25, -0.2) is 0 Å². The maximum atomic E-state index is 13.7. The summed E-state index contributed by atoms with van der Waals surface area (Å²) in [6, 6.07) is 0. The number of carbonyl (C=O) groups is 4. The topological polar surface area (TPSA) is 86.7 Å². The van der Waals surface area contributed by atoms with Gasteiger partial charge in [-0.3, -0.25) is 0 Å². The van der Waals surface area contributed by atoms with E-state index in [1.165, 1.54) is 0 Å². The molecule has 2 saturated carbocycles. The van der Waals surface area contributed by atoms with Gasteiger partial charge in [0.2, 0.25) is 0 Å². The summed E-state index contributed by atoms with van der Waals surface area (Å²) >= 11 is -3.43. The molecule has 2 fully saturated rings. The van der Waals surface area contributed by atoms with Crippen LogP contribution in [0.15, 0.2) is 24.3 Å². The fraction of sp³-hybridized carbons (Fsp3) is 0.692. The van der Waals surface area contributed by atoms with Gasteiger partial charge in [-0.2, -0.15) is 0 Å². The summed E-state index contributed by atoms with van der Waals surface area (Å²) in [4.78, 5) is 51.1. The van der Waals surface area contributed by atoms with Crippen LogP contribution >= 0.6 is 0 Å². The summed E-state index contributed by atoms with van der Waals surface area (Å²) in [5.41, 5.74) is 0.766. The quantitative estimate of drug-likeness (QED) is 0.227. The first-order valence-electron chi connectivity index (χ1n) is 12.4. The van der Waals surface area contributed by atoms with Crippen LogP contribution in [0, 0.1) is 11.8 Å². The van der Waals surface area contributed by atoms with E-state index in [-0.39, 0.29) is 45.2 Å². The molecule has 0 aromatic rings. The molecular formula is C26H40GeO6. The summed E-state index contributed by atoms with van der Waals surface area (Å²) in [5.74, 6) is -0.944. The molecule has 0 aromatic heterocycles. The van der Waals surface area contributed by atoms with Crippen molar-refractivity contribution in [3.63, 3.8) is 0 Å². The second-order valence-electron chi connectivity index (χ2n) is 9.84. The Morgan fingerprint density at radius 2 is 0.970 bits per heavy atom. The molecule has 0 aromatic carbocycles. The molecule has 0 aliphatic heterocycles. The van der Waals surface area contributed by atoms with E-state index < -0.39 is 13.3 Å². The minimum absolute atomic E-state index is 0.0958. The van der Waals surface area contributed by atoms with Crippen molar-refractivity contribution in [1.82, 2.24) is 0 Å². The molecule has 0 radical (unpaired) electrons. The van der Waals surface area contributed by atoms with Gasteiger partial charge >= 0.3 is 201 Å². The van der Waals surface area contributed by atoms with E-state index in [9.17, 15) is 19.2 Å². The molecule has 2 rings (SSSR count). The average molecular weight is 521 g/mol. The van der Waals surface area contributed by atoms with E-state index in [1.54, 1.807) is 13.8 Å². The Balaban J connectivity index is 2.00. The van der Waals surface area contributed by atoms with Crippen molar-refractivity contribution in [3.8, 4) is 0 Å².